The van der Waals surface area contributed by atoms with Crippen LogP contribution in [0.2, 0.25) is 0 Å². The summed E-state index contributed by atoms with van der Waals surface area (Å²) in [6.07, 6.45) is 7.37. The van der Waals surface area contributed by atoms with Crippen molar-refractivity contribution in [3.63, 3.8) is 0 Å². The molecule has 1 aliphatic rings. The van der Waals surface area contributed by atoms with Crippen LogP contribution in [0.5, 0.6) is 0 Å². The molecule has 4 heteroatoms. The Balaban J connectivity index is 2.52. The molecule has 0 bridgehead atoms. The second-order valence-electron chi connectivity index (χ2n) is 4.98. The first kappa shape index (κ1) is 14.5. The summed E-state index contributed by atoms with van der Waals surface area (Å²) in [5.74, 6) is -1.09. The topological polar surface area (TPSA) is 74.6 Å². The summed E-state index contributed by atoms with van der Waals surface area (Å²) in [6, 6.07) is 0. The lowest BCUT2D eigenvalue weighted by Crippen LogP contribution is -2.13. The Hall–Kier alpha value is -1.58. The fourth-order valence-corrected chi connectivity index (χ4v) is 2.33. The van der Waals surface area contributed by atoms with Crippen molar-refractivity contribution in [1.82, 2.24) is 0 Å². The molecule has 0 heterocycles. The van der Waals surface area contributed by atoms with Crippen molar-refractivity contribution in [2.24, 2.45) is 11.8 Å². The van der Waals surface area contributed by atoms with Crippen LogP contribution >= 0.6 is 0 Å². The van der Waals surface area contributed by atoms with Crippen molar-refractivity contribution in [2.75, 3.05) is 0 Å². The Labute approximate surface area is 107 Å². The van der Waals surface area contributed by atoms with Gasteiger partial charge in [0.25, 0.3) is 0 Å². The summed E-state index contributed by atoms with van der Waals surface area (Å²) < 4.78 is 0. The van der Waals surface area contributed by atoms with Crippen LogP contribution < -0.4 is 0 Å². The molecule has 0 unspecified atom stereocenters. The van der Waals surface area contributed by atoms with Gasteiger partial charge in [-0.25, -0.2) is 9.59 Å². The first-order valence-electron chi connectivity index (χ1n) is 6.23. The van der Waals surface area contributed by atoms with E-state index in [0.29, 0.717) is 23.0 Å². The van der Waals surface area contributed by atoms with Gasteiger partial charge in [-0.05, 0) is 51.4 Å². The predicted molar refractivity (Wildman–Crippen MR) is 68.2 cm³/mol. The minimum Gasteiger partial charge on any atom is -0.478 e. The average Bonchev–Trinajstić information content (AvgIpc) is 2.31. The molecule has 0 spiro atoms. The number of carbonyl (C=O) groups is 2. The molecule has 0 saturated heterocycles. The molecule has 100 valence electrons. The van der Waals surface area contributed by atoms with E-state index in [2.05, 4.69) is 0 Å². The zero-order chi connectivity index (χ0) is 13.7. The normalized spacial score (nSPS) is 25.9. The monoisotopic (exact) mass is 252 g/mol. The molecule has 0 aromatic rings. The summed E-state index contributed by atoms with van der Waals surface area (Å²) in [7, 11) is 0. The number of hydrogen-bond acceptors (Lipinski definition) is 2. The second kappa shape index (κ2) is 6.38. The van der Waals surface area contributed by atoms with Gasteiger partial charge in [0.05, 0.1) is 0 Å². The van der Waals surface area contributed by atoms with Gasteiger partial charge in [0.1, 0.15) is 0 Å². The van der Waals surface area contributed by atoms with Crippen molar-refractivity contribution in [3.8, 4) is 0 Å². The van der Waals surface area contributed by atoms with Crippen LogP contribution in [0, 0.1) is 11.8 Å². The Morgan fingerprint density at radius 3 is 1.33 bits per heavy atom. The molecular weight excluding hydrogens is 232 g/mol. The third kappa shape index (κ3) is 4.35. The fourth-order valence-electron chi connectivity index (χ4n) is 2.33. The molecule has 1 fully saturated rings. The average molecular weight is 252 g/mol. The van der Waals surface area contributed by atoms with E-state index >= 15 is 0 Å². The highest BCUT2D eigenvalue weighted by Gasteiger charge is 2.20. The molecule has 0 atom stereocenters. The van der Waals surface area contributed by atoms with Gasteiger partial charge in [-0.1, -0.05) is 12.2 Å². The molecule has 0 amide bonds. The lowest BCUT2D eigenvalue weighted by molar-refractivity contribution is -0.133. The summed E-state index contributed by atoms with van der Waals surface area (Å²) >= 11 is 0. The van der Waals surface area contributed by atoms with Gasteiger partial charge in [-0.15, -0.1) is 0 Å². The Kier molecular flexibility index (Phi) is 5.13. The Morgan fingerprint density at radius 2 is 1.11 bits per heavy atom. The summed E-state index contributed by atoms with van der Waals surface area (Å²) in [5, 5.41) is 17.6. The van der Waals surface area contributed by atoms with Crippen LogP contribution in [0.1, 0.15) is 39.5 Å². The zero-order valence-corrected chi connectivity index (χ0v) is 10.8. The van der Waals surface area contributed by atoms with E-state index in [1.54, 1.807) is 13.8 Å². The molecule has 0 aromatic carbocycles. The van der Waals surface area contributed by atoms with Crippen molar-refractivity contribution in [3.05, 3.63) is 23.3 Å². The summed E-state index contributed by atoms with van der Waals surface area (Å²) in [4.78, 5) is 21.4. The van der Waals surface area contributed by atoms with Crippen molar-refractivity contribution < 1.29 is 19.8 Å². The molecule has 4 nitrogen and oxygen atoms in total. The Bertz CT molecular complexity index is 347. The molecule has 0 aliphatic heterocycles. The largest absolute Gasteiger partial charge is 0.478 e. The lowest BCUT2D eigenvalue weighted by Gasteiger charge is -2.25. The van der Waals surface area contributed by atoms with Gasteiger partial charge in [-0.2, -0.15) is 0 Å². The van der Waals surface area contributed by atoms with Crippen LogP contribution in [-0.2, 0) is 9.59 Å². The van der Waals surface area contributed by atoms with E-state index in [4.69, 9.17) is 10.2 Å². The molecule has 1 rings (SSSR count). The number of carboxylic acid groups (broad SMARTS) is 2. The maximum absolute atomic E-state index is 10.7. The molecule has 0 aromatic heterocycles. The maximum atomic E-state index is 10.7. The number of rotatable bonds is 4. The second-order valence-corrected chi connectivity index (χ2v) is 4.98. The molecule has 18 heavy (non-hydrogen) atoms. The van der Waals surface area contributed by atoms with Crippen molar-refractivity contribution in [1.29, 1.82) is 0 Å². The highest BCUT2D eigenvalue weighted by atomic mass is 16.4. The number of aliphatic carboxylic acids is 2. The van der Waals surface area contributed by atoms with Crippen LogP contribution in [0.15, 0.2) is 23.3 Å². The summed E-state index contributed by atoms with van der Waals surface area (Å²) in [5.41, 5.74) is 0.798. The fraction of sp³-hybridized carbons (Fsp3) is 0.571. The van der Waals surface area contributed by atoms with Crippen molar-refractivity contribution >= 4 is 11.9 Å². The minimum atomic E-state index is -0.862. The number of allylic oxidation sites excluding steroid dienone is 2. The molecular formula is C14H20O4. The van der Waals surface area contributed by atoms with E-state index < -0.39 is 11.9 Å². The first-order chi connectivity index (χ1) is 8.40. The van der Waals surface area contributed by atoms with Gasteiger partial charge in [0, 0.05) is 11.1 Å². The molecule has 0 radical (unpaired) electrons. The lowest BCUT2D eigenvalue weighted by atomic mass is 9.80. The highest BCUT2D eigenvalue weighted by molar-refractivity contribution is 5.86. The van der Waals surface area contributed by atoms with Gasteiger partial charge < -0.3 is 10.2 Å². The van der Waals surface area contributed by atoms with Gasteiger partial charge in [0.15, 0.2) is 0 Å². The summed E-state index contributed by atoms with van der Waals surface area (Å²) in [6.45, 7) is 3.23. The van der Waals surface area contributed by atoms with Crippen LogP contribution in [0.4, 0.5) is 0 Å². The van der Waals surface area contributed by atoms with E-state index in [1.165, 1.54) is 0 Å². The quantitative estimate of drug-likeness (QED) is 0.754. The number of hydrogen-bond donors (Lipinski definition) is 2. The SMILES string of the molecule is C/C(=C\C1CCC(/C=C(\C)C(=O)O)CC1)C(=O)O. The molecule has 1 saturated carbocycles. The smallest absolute Gasteiger partial charge is 0.330 e. The van der Waals surface area contributed by atoms with E-state index in [1.807, 2.05) is 12.2 Å². The van der Waals surface area contributed by atoms with Crippen LogP contribution in [0.3, 0.4) is 0 Å². The Morgan fingerprint density at radius 1 is 0.833 bits per heavy atom. The minimum absolute atomic E-state index is 0.316. The zero-order valence-electron chi connectivity index (χ0n) is 10.8. The highest BCUT2D eigenvalue weighted by Crippen LogP contribution is 2.31. The standard InChI is InChI=1S/C14H20O4/c1-9(13(15)16)7-11-3-5-12(6-4-11)8-10(2)14(17)18/h7-8,11-12H,3-6H2,1-2H3,(H,15,16)(H,17,18)/b9-7+,10-8+. The molecule has 2 N–H and O–H groups in total. The third-order valence-corrected chi connectivity index (χ3v) is 3.46. The van der Waals surface area contributed by atoms with Gasteiger partial charge in [0.2, 0.25) is 0 Å². The van der Waals surface area contributed by atoms with E-state index in [9.17, 15) is 9.59 Å². The third-order valence-electron chi connectivity index (χ3n) is 3.46. The number of carboxylic acids is 2. The van der Waals surface area contributed by atoms with Crippen LogP contribution in [-0.4, -0.2) is 22.2 Å². The van der Waals surface area contributed by atoms with Crippen LogP contribution in [0.25, 0.3) is 0 Å². The maximum Gasteiger partial charge on any atom is 0.330 e. The van der Waals surface area contributed by atoms with E-state index in [0.717, 1.165) is 25.7 Å². The van der Waals surface area contributed by atoms with Crippen molar-refractivity contribution in [2.45, 2.75) is 39.5 Å². The molecule has 1 aliphatic carbocycles. The predicted octanol–water partition coefficient (Wildman–Crippen LogP) is 2.85. The van der Waals surface area contributed by atoms with E-state index in [-0.39, 0.29) is 0 Å². The first-order valence-corrected chi connectivity index (χ1v) is 6.23. The van der Waals surface area contributed by atoms with Gasteiger partial charge >= 0.3 is 11.9 Å². The van der Waals surface area contributed by atoms with Gasteiger partial charge in [-0.3, -0.25) is 0 Å².